The summed E-state index contributed by atoms with van der Waals surface area (Å²) in [7, 11) is 0. The van der Waals surface area contributed by atoms with Gasteiger partial charge >= 0.3 is 6.09 Å². The van der Waals surface area contributed by atoms with Gasteiger partial charge in [-0.15, -0.1) is 0 Å². The van der Waals surface area contributed by atoms with Crippen molar-refractivity contribution in [2.45, 2.75) is 51.7 Å². The van der Waals surface area contributed by atoms with E-state index in [-0.39, 0.29) is 12.5 Å². The van der Waals surface area contributed by atoms with Crippen molar-refractivity contribution in [3.8, 4) is 5.75 Å². The molecule has 1 atom stereocenters. The molecule has 2 amide bonds. The molecule has 29 heavy (non-hydrogen) atoms. The quantitative estimate of drug-likeness (QED) is 0.738. The number of hydrogen-bond donors (Lipinski definition) is 2. The minimum atomic E-state index is -0.559. The summed E-state index contributed by atoms with van der Waals surface area (Å²) in [5.41, 5.74) is -1.09. The number of fused-ring (bicyclic) bond motifs is 1. The molecule has 1 saturated carbocycles. The fourth-order valence-electron chi connectivity index (χ4n) is 3.34. The summed E-state index contributed by atoms with van der Waals surface area (Å²) in [6.45, 7) is 7.65. The first-order valence-electron chi connectivity index (χ1n) is 10.0. The lowest BCUT2D eigenvalue weighted by molar-refractivity contribution is -0.125. The monoisotopic (exact) mass is 398 g/mol. The highest BCUT2D eigenvalue weighted by molar-refractivity contribution is 5.84. The number of carbonyl (C=O) groups is 2. The Balaban J connectivity index is 1.54. The zero-order chi connectivity index (χ0) is 21.1. The fourth-order valence-corrected chi connectivity index (χ4v) is 3.34. The predicted molar refractivity (Wildman–Crippen MR) is 113 cm³/mol. The summed E-state index contributed by atoms with van der Waals surface area (Å²) in [6, 6.07) is 13.8. The molecule has 1 unspecified atom stereocenters. The van der Waals surface area contributed by atoms with Crippen molar-refractivity contribution >= 4 is 22.8 Å². The molecule has 3 rings (SSSR count). The maximum absolute atomic E-state index is 12.5. The minimum absolute atomic E-state index is 0.0763. The molecule has 0 heterocycles. The molecule has 1 fully saturated rings. The molecule has 1 aliphatic rings. The molecule has 2 aromatic rings. The Morgan fingerprint density at radius 2 is 1.72 bits per heavy atom. The molecule has 0 radical (unpaired) electrons. The van der Waals surface area contributed by atoms with Gasteiger partial charge in [0.25, 0.3) is 5.91 Å². The van der Waals surface area contributed by atoms with Crippen molar-refractivity contribution in [2.24, 2.45) is 5.92 Å². The Morgan fingerprint density at radius 3 is 2.38 bits per heavy atom. The van der Waals surface area contributed by atoms with Gasteiger partial charge < -0.3 is 20.1 Å². The third-order valence-electron chi connectivity index (χ3n) is 4.99. The number of nitrogens with one attached hydrogen (secondary N) is 2. The lowest BCUT2D eigenvalue weighted by Crippen LogP contribution is -2.56. The number of alkyl carbamates (subject to hydrolysis) is 1. The Labute approximate surface area is 172 Å². The molecule has 6 heteroatoms. The van der Waals surface area contributed by atoms with E-state index in [1.54, 1.807) is 0 Å². The Bertz CT molecular complexity index is 886. The highest BCUT2D eigenvalue weighted by Crippen LogP contribution is 2.39. The fraction of sp³-hybridized carbons (Fsp3) is 0.478. The van der Waals surface area contributed by atoms with Crippen molar-refractivity contribution in [1.29, 1.82) is 0 Å². The van der Waals surface area contributed by atoms with Gasteiger partial charge in [-0.2, -0.15) is 0 Å². The van der Waals surface area contributed by atoms with Crippen molar-refractivity contribution < 1.29 is 19.1 Å². The van der Waals surface area contributed by atoms with Gasteiger partial charge in [-0.05, 0) is 69.4 Å². The summed E-state index contributed by atoms with van der Waals surface area (Å²) in [6.07, 6.45) is 1.57. The van der Waals surface area contributed by atoms with Crippen molar-refractivity contribution in [3.63, 3.8) is 0 Å². The second-order valence-corrected chi connectivity index (χ2v) is 8.89. The smallest absolute Gasteiger partial charge is 0.407 e. The number of carbonyl (C=O) groups excluding carboxylic acids is 2. The molecule has 156 valence electrons. The van der Waals surface area contributed by atoms with Gasteiger partial charge in [0.2, 0.25) is 0 Å². The SMILES string of the molecule is CC(C)(C)OC(=O)NCC(C)(NC(=O)COc1ccc2ccccc2c1)C1CC1. The minimum Gasteiger partial charge on any atom is -0.484 e. The number of benzene rings is 2. The van der Waals surface area contributed by atoms with Crippen LogP contribution in [0.2, 0.25) is 0 Å². The summed E-state index contributed by atoms with van der Waals surface area (Å²) in [5.74, 6) is 0.777. The molecule has 0 bridgehead atoms. The molecule has 2 aromatic carbocycles. The van der Waals surface area contributed by atoms with Crippen LogP contribution in [0.4, 0.5) is 4.79 Å². The number of rotatable bonds is 7. The summed E-state index contributed by atoms with van der Waals surface area (Å²) < 4.78 is 11.0. The van der Waals surface area contributed by atoms with Crippen LogP contribution in [-0.2, 0) is 9.53 Å². The second-order valence-electron chi connectivity index (χ2n) is 8.89. The third kappa shape index (κ3) is 6.11. The largest absolute Gasteiger partial charge is 0.484 e. The zero-order valence-corrected chi connectivity index (χ0v) is 17.6. The number of hydrogen-bond acceptors (Lipinski definition) is 4. The van der Waals surface area contributed by atoms with Gasteiger partial charge in [0, 0.05) is 6.54 Å². The van der Waals surface area contributed by atoms with Crippen LogP contribution in [0.1, 0.15) is 40.5 Å². The molecular formula is C23H30N2O4. The van der Waals surface area contributed by atoms with E-state index in [2.05, 4.69) is 10.6 Å². The van der Waals surface area contributed by atoms with Gasteiger partial charge in [-0.3, -0.25) is 4.79 Å². The molecule has 0 spiro atoms. The van der Waals surface area contributed by atoms with E-state index in [4.69, 9.17) is 9.47 Å². The molecule has 2 N–H and O–H groups in total. The standard InChI is InChI=1S/C23H30N2O4/c1-22(2,3)29-21(27)24-15-23(4,18-10-11-18)25-20(26)14-28-19-12-9-16-7-5-6-8-17(16)13-19/h5-9,12-13,18H,10-11,14-15H2,1-4H3,(H,24,27)(H,25,26). The number of ether oxygens (including phenoxy) is 2. The first-order valence-corrected chi connectivity index (χ1v) is 10.0. The molecule has 0 aliphatic heterocycles. The van der Waals surface area contributed by atoms with E-state index < -0.39 is 17.2 Å². The molecule has 0 saturated heterocycles. The van der Waals surface area contributed by atoms with E-state index in [1.165, 1.54) is 0 Å². The molecule has 6 nitrogen and oxygen atoms in total. The maximum atomic E-state index is 12.5. The van der Waals surface area contributed by atoms with Crippen LogP contribution in [0, 0.1) is 5.92 Å². The highest BCUT2D eigenvalue weighted by Gasteiger charge is 2.43. The van der Waals surface area contributed by atoms with Gasteiger partial charge in [-0.1, -0.05) is 30.3 Å². The normalized spacial score (nSPS) is 16.0. The molecule has 1 aliphatic carbocycles. The van der Waals surface area contributed by atoms with Crippen LogP contribution in [-0.4, -0.2) is 36.3 Å². The average molecular weight is 399 g/mol. The second kappa shape index (κ2) is 8.31. The van der Waals surface area contributed by atoms with Crippen molar-refractivity contribution in [1.82, 2.24) is 10.6 Å². The van der Waals surface area contributed by atoms with E-state index in [0.717, 1.165) is 23.6 Å². The van der Waals surface area contributed by atoms with Crippen molar-refractivity contribution in [2.75, 3.05) is 13.2 Å². The van der Waals surface area contributed by atoms with Crippen LogP contribution in [0.25, 0.3) is 10.8 Å². The summed E-state index contributed by atoms with van der Waals surface area (Å²) in [5, 5.41) is 8.02. The summed E-state index contributed by atoms with van der Waals surface area (Å²) in [4.78, 5) is 24.5. The topological polar surface area (TPSA) is 76.7 Å². The van der Waals surface area contributed by atoms with Gasteiger partial charge in [0.15, 0.2) is 6.61 Å². The Hall–Kier alpha value is -2.76. The first-order chi connectivity index (χ1) is 13.6. The van der Waals surface area contributed by atoms with E-state index >= 15 is 0 Å². The van der Waals surface area contributed by atoms with E-state index in [9.17, 15) is 9.59 Å². The van der Waals surface area contributed by atoms with Gasteiger partial charge in [0.05, 0.1) is 5.54 Å². The lowest BCUT2D eigenvalue weighted by Gasteiger charge is -2.32. The predicted octanol–water partition coefficient (Wildman–Crippen LogP) is 4.03. The maximum Gasteiger partial charge on any atom is 0.407 e. The van der Waals surface area contributed by atoms with Crippen LogP contribution >= 0.6 is 0 Å². The summed E-state index contributed by atoms with van der Waals surface area (Å²) >= 11 is 0. The first kappa shape index (κ1) is 21.0. The lowest BCUT2D eigenvalue weighted by atomic mass is 9.95. The van der Waals surface area contributed by atoms with Crippen LogP contribution in [0.15, 0.2) is 42.5 Å². The van der Waals surface area contributed by atoms with E-state index in [0.29, 0.717) is 18.2 Å². The van der Waals surface area contributed by atoms with Crippen LogP contribution < -0.4 is 15.4 Å². The van der Waals surface area contributed by atoms with Crippen LogP contribution in [0.3, 0.4) is 0 Å². The van der Waals surface area contributed by atoms with Crippen LogP contribution in [0.5, 0.6) is 5.75 Å². The average Bonchev–Trinajstić information content (AvgIpc) is 3.49. The van der Waals surface area contributed by atoms with Gasteiger partial charge in [0.1, 0.15) is 11.4 Å². The number of amides is 2. The molecular weight excluding hydrogens is 368 g/mol. The van der Waals surface area contributed by atoms with Gasteiger partial charge in [-0.25, -0.2) is 4.79 Å². The highest BCUT2D eigenvalue weighted by atomic mass is 16.6. The Morgan fingerprint density at radius 1 is 1.03 bits per heavy atom. The van der Waals surface area contributed by atoms with E-state index in [1.807, 2.05) is 70.2 Å². The third-order valence-corrected chi connectivity index (χ3v) is 4.99. The Kier molecular flexibility index (Phi) is 6.01. The zero-order valence-electron chi connectivity index (χ0n) is 17.6. The molecule has 0 aromatic heterocycles. The van der Waals surface area contributed by atoms with Crippen molar-refractivity contribution in [3.05, 3.63) is 42.5 Å².